The second-order valence-electron chi connectivity index (χ2n) is 12.7. The average Bonchev–Trinajstić information content (AvgIpc) is 3.00. The standard InChI is InChI=1S/C40H44N2/c1-25(2)29-9-17-33(18-10-29)37-38(34-19-11-30(12-20-34)26(3)4)42-40(36-23-15-32(16-24-36)28(7)8)39(41-37)35-21-13-31(14-22-35)27(5)6/h9-28H,1-8H3. The van der Waals surface area contributed by atoms with E-state index in [1.54, 1.807) is 0 Å². The molecule has 0 saturated carbocycles. The van der Waals surface area contributed by atoms with E-state index in [0.717, 1.165) is 45.0 Å². The number of aromatic nitrogens is 2. The van der Waals surface area contributed by atoms with Gasteiger partial charge in [0.1, 0.15) is 0 Å². The summed E-state index contributed by atoms with van der Waals surface area (Å²) in [4.78, 5) is 10.9. The first-order valence-electron chi connectivity index (χ1n) is 15.5. The number of rotatable bonds is 8. The van der Waals surface area contributed by atoms with E-state index in [4.69, 9.17) is 9.97 Å². The fraction of sp³-hybridized carbons (Fsp3) is 0.300. The highest BCUT2D eigenvalue weighted by atomic mass is 14.9. The minimum Gasteiger partial charge on any atom is -0.243 e. The Morgan fingerprint density at radius 2 is 0.452 bits per heavy atom. The summed E-state index contributed by atoms with van der Waals surface area (Å²) in [6.07, 6.45) is 0. The second kappa shape index (κ2) is 12.4. The van der Waals surface area contributed by atoms with E-state index in [1.807, 2.05) is 0 Å². The summed E-state index contributed by atoms with van der Waals surface area (Å²) in [5.41, 5.74) is 13.2. The lowest BCUT2D eigenvalue weighted by molar-refractivity contribution is 0.866. The highest BCUT2D eigenvalue weighted by Crippen LogP contribution is 2.38. The van der Waals surface area contributed by atoms with Crippen molar-refractivity contribution in [1.82, 2.24) is 9.97 Å². The minimum absolute atomic E-state index is 0.472. The van der Waals surface area contributed by atoms with Crippen molar-refractivity contribution in [2.24, 2.45) is 0 Å². The molecule has 2 nitrogen and oxygen atoms in total. The first kappa shape index (κ1) is 29.5. The Morgan fingerprint density at radius 1 is 0.286 bits per heavy atom. The molecule has 0 aliphatic carbocycles. The van der Waals surface area contributed by atoms with Crippen molar-refractivity contribution in [3.05, 3.63) is 119 Å². The van der Waals surface area contributed by atoms with Crippen LogP contribution in [0.4, 0.5) is 0 Å². The van der Waals surface area contributed by atoms with Crippen LogP contribution >= 0.6 is 0 Å². The van der Waals surface area contributed by atoms with Gasteiger partial charge in [0.15, 0.2) is 0 Å². The van der Waals surface area contributed by atoms with Gasteiger partial charge >= 0.3 is 0 Å². The van der Waals surface area contributed by atoms with Crippen LogP contribution in [0.3, 0.4) is 0 Å². The molecule has 0 amide bonds. The molecule has 0 radical (unpaired) electrons. The Morgan fingerprint density at radius 3 is 0.595 bits per heavy atom. The molecule has 0 fully saturated rings. The highest BCUT2D eigenvalue weighted by Gasteiger charge is 2.20. The summed E-state index contributed by atoms with van der Waals surface area (Å²) < 4.78 is 0. The van der Waals surface area contributed by atoms with E-state index < -0.39 is 0 Å². The van der Waals surface area contributed by atoms with E-state index in [9.17, 15) is 0 Å². The molecule has 5 rings (SSSR count). The van der Waals surface area contributed by atoms with Crippen LogP contribution in [0.2, 0.25) is 0 Å². The SMILES string of the molecule is CC(C)c1ccc(-c2nc(-c3ccc(C(C)C)cc3)c(-c3ccc(C(C)C)cc3)nc2-c2ccc(C(C)C)cc2)cc1. The summed E-state index contributed by atoms with van der Waals surface area (Å²) in [6, 6.07) is 35.4. The van der Waals surface area contributed by atoms with Crippen LogP contribution in [0.25, 0.3) is 45.0 Å². The summed E-state index contributed by atoms with van der Waals surface area (Å²) in [7, 11) is 0. The molecule has 42 heavy (non-hydrogen) atoms. The molecule has 0 saturated heterocycles. The molecule has 0 unspecified atom stereocenters. The Labute approximate surface area is 252 Å². The van der Waals surface area contributed by atoms with Crippen molar-refractivity contribution >= 4 is 0 Å². The maximum atomic E-state index is 5.47. The predicted molar refractivity (Wildman–Crippen MR) is 180 cm³/mol. The fourth-order valence-electron chi connectivity index (χ4n) is 5.34. The molecule has 2 heteroatoms. The zero-order valence-corrected chi connectivity index (χ0v) is 26.4. The quantitative estimate of drug-likeness (QED) is 0.191. The van der Waals surface area contributed by atoms with Crippen LogP contribution in [-0.4, -0.2) is 9.97 Å². The number of benzene rings is 4. The van der Waals surface area contributed by atoms with Gasteiger partial charge < -0.3 is 0 Å². The third-order valence-corrected chi connectivity index (χ3v) is 8.30. The molecule has 1 heterocycles. The lowest BCUT2D eigenvalue weighted by Crippen LogP contribution is -2.02. The van der Waals surface area contributed by atoms with E-state index in [-0.39, 0.29) is 0 Å². The van der Waals surface area contributed by atoms with E-state index in [0.29, 0.717) is 23.7 Å². The summed E-state index contributed by atoms with van der Waals surface area (Å²) in [6.45, 7) is 17.8. The van der Waals surface area contributed by atoms with Crippen LogP contribution in [0.5, 0.6) is 0 Å². The molecule has 0 spiro atoms. The minimum atomic E-state index is 0.472. The van der Waals surface area contributed by atoms with Crippen LogP contribution in [0.15, 0.2) is 97.1 Å². The smallest absolute Gasteiger partial charge is 0.0973 e. The molecule has 0 aliphatic rings. The predicted octanol–water partition coefficient (Wildman–Crippen LogP) is 11.6. The van der Waals surface area contributed by atoms with Gasteiger partial charge in [0.2, 0.25) is 0 Å². The fourth-order valence-corrected chi connectivity index (χ4v) is 5.34. The maximum Gasteiger partial charge on any atom is 0.0973 e. The lowest BCUT2D eigenvalue weighted by atomic mass is 9.94. The monoisotopic (exact) mass is 552 g/mol. The van der Waals surface area contributed by atoms with Crippen molar-refractivity contribution in [1.29, 1.82) is 0 Å². The number of hydrogen-bond acceptors (Lipinski definition) is 2. The molecule has 4 aromatic carbocycles. The van der Waals surface area contributed by atoms with Crippen molar-refractivity contribution in [3.8, 4) is 45.0 Å². The highest BCUT2D eigenvalue weighted by molar-refractivity contribution is 5.86. The van der Waals surface area contributed by atoms with Gasteiger partial charge in [-0.15, -0.1) is 0 Å². The Balaban J connectivity index is 1.78. The molecular weight excluding hydrogens is 508 g/mol. The Hall–Kier alpha value is -4.04. The van der Waals surface area contributed by atoms with Crippen LogP contribution in [-0.2, 0) is 0 Å². The van der Waals surface area contributed by atoms with E-state index in [1.165, 1.54) is 22.3 Å². The first-order valence-corrected chi connectivity index (χ1v) is 15.5. The molecule has 1 aromatic heterocycles. The molecule has 0 bridgehead atoms. The first-order chi connectivity index (χ1) is 20.1. The van der Waals surface area contributed by atoms with E-state index >= 15 is 0 Å². The van der Waals surface area contributed by atoms with Gasteiger partial charge in [-0.25, -0.2) is 9.97 Å². The van der Waals surface area contributed by atoms with Gasteiger partial charge in [-0.05, 0) is 45.9 Å². The van der Waals surface area contributed by atoms with Gasteiger partial charge in [-0.3, -0.25) is 0 Å². The lowest BCUT2D eigenvalue weighted by Gasteiger charge is -2.18. The molecule has 0 atom stereocenters. The van der Waals surface area contributed by atoms with E-state index in [2.05, 4.69) is 152 Å². The van der Waals surface area contributed by atoms with Gasteiger partial charge in [0.05, 0.1) is 22.8 Å². The van der Waals surface area contributed by atoms with Crippen molar-refractivity contribution in [2.45, 2.75) is 79.1 Å². The largest absolute Gasteiger partial charge is 0.243 e. The normalized spacial score (nSPS) is 11.7. The average molecular weight is 553 g/mol. The van der Waals surface area contributed by atoms with Crippen molar-refractivity contribution in [3.63, 3.8) is 0 Å². The molecule has 0 N–H and O–H groups in total. The Bertz CT molecular complexity index is 1370. The maximum absolute atomic E-state index is 5.47. The van der Waals surface area contributed by atoms with Crippen molar-refractivity contribution < 1.29 is 0 Å². The third kappa shape index (κ3) is 6.23. The van der Waals surface area contributed by atoms with Gasteiger partial charge in [0.25, 0.3) is 0 Å². The van der Waals surface area contributed by atoms with Gasteiger partial charge in [-0.2, -0.15) is 0 Å². The second-order valence-corrected chi connectivity index (χ2v) is 12.7. The van der Waals surface area contributed by atoms with Crippen LogP contribution < -0.4 is 0 Å². The Kier molecular flexibility index (Phi) is 8.73. The summed E-state index contributed by atoms with van der Waals surface area (Å²) >= 11 is 0. The number of hydrogen-bond donors (Lipinski definition) is 0. The number of nitrogens with zero attached hydrogens (tertiary/aromatic N) is 2. The third-order valence-electron chi connectivity index (χ3n) is 8.30. The summed E-state index contributed by atoms with van der Waals surface area (Å²) in [5.74, 6) is 1.89. The molecule has 5 aromatic rings. The molecule has 0 aliphatic heterocycles. The van der Waals surface area contributed by atoms with Gasteiger partial charge in [0, 0.05) is 22.3 Å². The van der Waals surface area contributed by atoms with Crippen LogP contribution in [0.1, 0.15) is 101 Å². The van der Waals surface area contributed by atoms with Gasteiger partial charge in [-0.1, -0.05) is 152 Å². The van der Waals surface area contributed by atoms with Crippen molar-refractivity contribution in [2.75, 3.05) is 0 Å². The molecular formula is C40H44N2. The van der Waals surface area contributed by atoms with Crippen LogP contribution in [0, 0.1) is 0 Å². The zero-order chi connectivity index (χ0) is 30.0. The topological polar surface area (TPSA) is 25.8 Å². The summed E-state index contributed by atoms with van der Waals surface area (Å²) in [5, 5.41) is 0. The zero-order valence-electron chi connectivity index (χ0n) is 26.4. The molecule has 214 valence electrons.